The van der Waals surface area contributed by atoms with Gasteiger partial charge in [0.05, 0.1) is 6.54 Å². The van der Waals surface area contributed by atoms with Gasteiger partial charge in [-0.1, -0.05) is 12.1 Å². The van der Waals surface area contributed by atoms with Gasteiger partial charge in [0.2, 0.25) is 0 Å². The maximum Gasteiger partial charge on any atom is 0.153 e. The number of rotatable bonds is 7. The summed E-state index contributed by atoms with van der Waals surface area (Å²) in [4.78, 5) is 2.05. The lowest BCUT2D eigenvalue weighted by Gasteiger charge is -2.14. The highest BCUT2D eigenvalue weighted by Gasteiger charge is 2.00. The number of nitrogens with two attached hydrogens (primary N) is 1. The molecule has 0 aromatic rings. The van der Waals surface area contributed by atoms with Crippen molar-refractivity contribution in [2.24, 2.45) is 10.9 Å². The smallest absolute Gasteiger partial charge is 0.153 e. The van der Waals surface area contributed by atoms with E-state index < -0.39 is 0 Å². The van der Waals surface area contributed by atoms with Crippen LogP contribution in [-0.4, -0.2) is 47.6 Å². The third-order valence-corrected chi connectivity index (χ3v) is 2.58. The van der Waals surface area contributed by atoms with Crippen LogP contribution in [0, 0.1) is 0 Å². The summed E-state index contributed by atoms with van der Waals surface area (Å²) in [5.74, 6) is 2.62. The fraction of sp³-hybridized carbons (Fsp3) is 0.875. The number of likely N-dealkylation sites (N-methyl/N-ethyl adjacent to an activating group) is 1. The molecule has 5 heteroatoms. The summed E-state index contributed by atoms with van der Waals surface area (Å²) in [6, 6.07) is 0. The molecule has 0 rings (SSSR count). The van der Waals surface area contributed by atoms with Crippen LogP contribution in [0.15, 0.2) is 5.16 Å². The van der Waals surface area contributed by atoms with Crippen LogP contribution in [-0.2, 0) is 0 Å². The van der Waals surface area contributed by atoms with Crippen LogP contribution >= 0.6 is 11.8 Å². The van der Waals surface area contributed by atoms with Crippen LogP contribution < -0.4 is 5.73 Å². The minimum Gasteiger partial charge on any atom is -0.409 e. The number of oxime groups is 1. The van der Waals surface area contributed by atoms with Crippen LogP contribution in [0.5, 0.6) is 0 Å². The van der Waals surface area contributed by atoms with Crippen LogP contribution in [0.2, 0.25) is 0 Å². The number of nitrogens with zero attached hydrogens (tertiary/aromatic N) is 2. The summed E-state index contributed by atoms with van der Waals surface area (Å²) in [6.07, 6.45) is 1.15. The van der Waals surface area contributed by atoms with Crippen LogP contribution in [0.3, 0.4) is 0 Å². The van der Waals surface area contributed by atoms with Gasteiger partial charge in [0.15, 0.2) is 5.84 Å². The van der Waals surface area contributed by atoms with Gasteiger partial charge in [0.1, 0.15) is 0 Å². The van der Waals surface area contributed by atoms with Crippen molar-refractivity contribution in [3.05, 3.63) is 0 Å². The normalized spacial score (nSPS) is 12.4. The van der Waals surface area contributed by atoms with Gasteiger partial charge in [0, 0.05) is 0 Å². The van der Waals surface area contributed by atoms with Gasteiger partial charge in [0.25, 0.3) is 0 Å². The van der Waals surface area contributed by atoms with Gasteiger partial charge < -0.3 is 10.9 Å². The quantitative estimate of drug-likeness (QED) is 0.212. The van der Waals surface area contributed by atoms with Crippen LogP contribution in [0.1, 0.15) is 13.3 Å². The summed E-state index contributed by atoms with van der Waals surface area (Å²) >= 11 is 1.94. The summed E-state index contributed by atoms with van der Waals surface area (Å²) < 4.78 is 0. The highest BCUT2D eigenvalue weighted by molar-refractivity contribution is 7.99. The van der Waals surface area contributed by atoms with Gasteiger partial charge in [-0.3, -0.25) is 4.90 Å². The molecule has 13 heavy (non-hydrogen) atoms. The minimum atomic E-state index is 0.269. The highest BCUT2D eigenvalue weighted by atomic mass is 32.2. The van der Waals surface area contributed by atoms with Gasteiger partial charge in [-0.15, -0.1) is 0 Å². The maximum atomic E-state index is 8.33. The second-order valence-electron chi connectivity index (χ2n) is 2.88. The molecule has 0 radical (unpaired) electrons. The average molecular weight is 205 g/mol. The number of hydrogen-bond acceptors (Lipinski definition) is 4. The molecule has 0 fully saturated rings. The Morgan fingerprint density at radius 2 is 2.31 bits per heavy atom. The van der Waals surface area contributed by atoms with E-state index in [4.69, 9.17) is 10.9 Å². The van der Waals surface area contributed by atoms with Gasteiger partial charge in [-0.25, -0.2) is 0 Å². The lowest BCUT2D eigenvalue weighted by atomic mass is 10.4. The second-order valence-corrected chi connectivity index (χ2v) is 4.27. The Hall–Kier alpha value is -0.420. The summed E-state index contributed by atoms with van der Waals surface area (Å²) in [7, 11) is 1.97. The minimum absolute atomic E-state index is 0.269. The SMILES string of the molecule is CCSCCCN(C)CC(N)=NO. The predicted octanol–water partition coefficient (Wildman–Crippen LogP) is 0.808. The molecule has 78 valence electrons. The van der Waals surface area contributed by atoms with Gasteiger partial charge in [-0.05, 0) is 31.5 Å². The lowest BCUT2D eigenvalue weighted by molar-refractivity contribution is 0.309. The molecule has 0 aliphatic heterocycles. The van der Waals surface area contributed by atoms with E-state index in [-0.39, 0.29) is 5.84 Å². The van der Waals surface area contributed by atoms with Crippen molar-refractivity contribution < 1.29 is 5.21 Å². The zero-order chi connectivity index (χ0) is 10.1. The Kier molecular flexibility index (Phi) is 7.93. The largest absolute Gasteiger partial charge is 0.409 e. The van der Waals surface area contributed by atoms with E-state index >= 15 is 0 Å². The number of hydrogen-bond donors (Lipinski definition) is 2. The number of amidine groups is 1. The van der Waals surface area contributed by atoms with Gasteiger partial charge in [-0.2, -0.15) is 11.8 Å². The van der Waals surface area contributed by atoms with Crippen molar-refractivity contribution in [3.8, 4) is 0 Å². The molecule has 0 aliphatic carbocycles. The Morgan fingerprint density at radius 1 is 1.62 bits per heavy atom. The monoisotopic (exact) mass is 205 g/mol. The van der Waals surface area contributed by atoms with Crippen molar-refractivity contribution >= 4 is 17.6 Å². The molecule has 0 heterocycles. The molecule has 0 spiro atoms. The average Bonchev–Trinajstić information content (AvgIpc) is 2.12. The van der Waals surface area contributed by atoms with Gasteiger partial charge >= 0.3 is 0 Å². The molecule has 0 amide bonds. The molecular weight excluding hydrogens is 186 g/mol. The topological polar surface area (TPSA) is 61.8 Å². The first-order chi connectivity index (χ1) is 6.20. The summed E-state index contributed by atoms with van der Waals surface area (Å²) in [6.45, 7) is 3.68. The van der Waals surface area contributed by atoms with E-state index in [0.717, 1.165) is 13.0 Å². The predicted molar refractivity (Wildman–Crippen MR) is 58.5 cm³/mol. The fourth-order valence-corrected chi connectivity index (χ4v) is 1.59. The van der Waals surface area contributed by atoms with E-state index in [1.807, 2.05) is 23.7 Å². The Morgan fingerprint density at radius 3 is 2.85 bits per heavy atom. The first-order valence-electron chi connectivity index (χ1n) is 4.43. The van der Waals surface area contributed by atoms with Crippen molar-refractivity contribution in [2.75, 3.05) is 31.6 Å². The molecular formula is C8H19N3OS. The number of thioether (sulfide) groups is 1. The lowest BCUT2D eigenvalue weighted by Crippen LogP contribution is -2.31. The first kappa shape index (κ1) is 12.6. The fourth-order valence-electron chi connectivity index (χ4n) is 0.968. The second kappa shape index (κ2) is 8.19. The molecule has 0 saturated heterocycles. The Bertz CT molecular complexity index is 152. The van der Waals surface area contributed by atoms with E-state index in [2.05, 4.69) is 12.1 Å². The van der Waals surface area contributed by atoms with E-state index in [0.29, 0.717) is 6.54 Å². The molecule has 4 nitrogen and oxygen atoms in total. The molecule has 0 unspecified atom stereocenters. The van der Waals surface area contributed by atoms with Crippen molar-refractivity contribution in [1.82, 2.24) is 4.90 Å². The standard InChI is InChI=1S/C8H19N3OS/c1-3-13-6-4-5-11(2)7-8(9)10-12/h12H,3-7H2,1-2H3,(H2,9,10). The summed E-state index contributed by atoms with van der Waals surface area (Å²) in [5, 5.41) is 11.2. The molecule has 0 saturated carbocycles. The van der Waals surface area contributed by atoms with Crippen molar-refractivity contribution in [1.29, 1.82) is 0 Å². The van der Waals surface area contributed by atoms with Crippen molar-refractivity contribution in [2.45, 2.75) is 13.3 Å². The zero-order valence-electron chi connectivity index (χ0n) is 8.36. The Labute approximate surface area is 84.2 Å². The van der Waals surface area contributed by atoms with Crippen LogP contribution in [0.25, 0.3) is 0 Å². The highest BCUT2D eigenvalue weighted by Crippen LogP contribution is 2.01. The zero-order valence-corrected chi connectivity index (χ0v) is 9.18. The third kappa shape index (κ3) is 7.93. The van der Waals surface area contributed by atoms with E-state index in [1.54, 1.807) is 0 Å². The molecule has 0 bridgehead atoms. The summed E-state index contributed by atoms with van der Waals surface area (Å²) in [5.41, 5.74) is 5.36. The molecule has 0 aromatic heterocycles. The molecule has 0 atom stereocenters. The molecule has 0 aliphatic rings. The third-order valence-electron chi connectivity index (χ3n) is 1.59. The maximum absolute atomic E-state index is 8.33. The van der Waals surface area contributed by atoms with E-state index in [9.17, 15) is 0 Å². The molecule has 3 N–H and O–H groups in total. The first-order valence-corrected chi connectivity index (χ1v) is 5.58. The molecule has 0 aromatic carbocycles. The van der Waals surface area contributed by atoms with Crippen molar-refractivity contribution in [3.63, 3.8) is 0 Å². The van der Waals surface area contributed by atoms with Crippen LogP contribution in [0.4, 0.5) is 0 Å². The van der Waals surface area contributed by atoms with E-state index in [1.165, 1.54) is 11.5 Å². The Balaban J connectivity index is 3.35.